The van der Waals surface area contributed by atoms with E-state index in [4.69, 9.17) is 0 Å². The van der Waals surface area contributed by atoms with Crippen LogP contribution in [0.4, 0.5) is 16.2 Å². The zero-order valence-electron chi connectivity index (χ0n) is 18.5. The number of anilines is 2. The summed E-state index contributed by atoms with van der Waals surface area (Å²) in [6.07, 6.45) is 2.57. The van der Waals surface area contributed by atoms with Crippen molar-refractivity contribution in [2.45, 2.75) is 45.6 Å². The third kappa shape index (κ3) is 3.63. The van der Waals surface area contributed by atoms with Gasteiger partial charge < -0.3 is 4.90 Å². The van der Waals surface area contributed by atoms with Crippen LogP contribution in [0.3, 0.4) is 0 Å². The second-order valence-corrected chi connectivity index (χ2v) is 9.09. The number of fused-ring (bicyclic) bond motifs is 1. The van der Waals surface area contributed by atoms with Crippen molar-refractivity contribution in [2.75, 3.05) is 16.8 Å². The van der Waals surface area contributed by atoms with Crippen LogP contribution in [0.5, 0.6) is 0 Å². The Kier molecular flexibility index (Phi) is 4.96. The summed E-state index contributed by atoms with van der Waals surface area (Å²) in [4.78, 5) is 41.2. The van der Waals surface area contributed by atoms with E-state index in [-0.39, 0.29) is 11.1 Å². The Bertz CT molecular complexity index is 1120. The molecular formula is C25H27N3O3. The third-order valence-corrected chi connectivity index (χ3v) is 6.36. The molecule has 2 aromatic carbocycles. The van der Waals surface area contributed by atoms with Crippen molar-refractivity contribution in [3.8, 4) is 0 Å². The first kappa shape index (κ1) is 20.8. The van der Waals surface area contributed by atoms with Gasteiger partial charge in [-0.15, -0.1) is 0 Å². The molecule has 0 radical (unpaired) electrons. The monoisotopic (exact) mass is 417 g/mol. The fourth-order valence-corrected chi connectivity index (χ4v) is 4.44. The van der Waals surface area contributed by atoms with E-state index in [9.17, 15) is 14.4 Å². The molecule has 1 atom stereocenters. The Labute approximate surface area is 182 Å². The first-order chi connectivity index (χ1) is 14.6. The molecule has 2 aliphatic heterocycles. The average Bonchev–Trinajstić information content (AvgIpc) is 2.70. The van der Waals surface area contributed by atoms with E-state index in [1.54, 1.807) is 18.2 Å². The van der Waals surface area contributed by atoms with Crippen molar-refractivity contribution >= 4 is 35.3 Å². The summed E-state index contributed by atoms with van der Waals surface area (Å²) in [6.45, 7) is 8.57. The smallest absolute Gasteiger partial charge is 0.335 e. The number of benzene rings is 2. The van der Waals surface area contributed by atoms with Gasteiger partial charge in [0, 0.05) is 18.3 Å². The van der Waals surface area contributed by atoms with Crippen molar-refractivity contribution in [1.82, 2.24) is 5.32 Å². The van der Waals surface area contributed by atoms with Crippen LogP contribution in [0.15, 0.2) is 48.0 Å². The maximum atomic E-state index is 13.1. The van der Waals surface area contributed by atoms with Gasteiger partial charge in [0.25, 0.3) is 11.8 Å². The number of hydrogen-bond acceptors (Lipinski definition) is 4. The zero-order chi connectivity index (χ0) is 22.5. The fraction of sp³-hybridized carbons (Fsp3) is 0.320. The Balaban J connectivity index is 1.72. The number of carbonyl (C=O) groups is 3. The van der Waals surface area contributed by atoms with Gasteiger partial charge >= 0.3 is 6.03 Å². The van der Waals surface area contributed by atoms with Gasteiger partial charge in [0.15, 0.2) is 0 Å². The van der Waals surface area contributed by atoms with Crippen LogP contribution in [0.2, 0.25) is 0 Å². The van der Waals surface area contributed by atoms with Crippen LogP contribution in [-0.2, 0) is 9.59 Å². The minimum atomic E-state index is -0.737. The average molecular weight is 418 g/mol. The predicted octanol–water partition coefficient (Wildman–Crippen LogP) is 4.38. The number of amides is 4. The summed E-state index contributed by atoms with van der Waals surface area (Å²) in [7, 11) is 2.09. The molecule has 0 saturated carbocycles. The maximum Gasteiger partial charge on any atom is 0.335 e. The zero-order valence-corrected chi connectivity index (χ0v) is 18.5. The molecule has 2 aliphatic rings. The maximum absolute atomic E-state index is 13.1. The topological polar surface area (TPSA) is 69.7 Å². The molecular weight excluding hydrogens is 390 g/mol. The van der Waals surface area contributed by atoms with Crippen molar-refractivity contribution < 1.29 is 14.4 Å². The normalized spacial score (nSPS) is 21.9. The van der Waals surface area contributed by atoms with Gasteiger partial charge in [-0.3, -0.25) is 14.9 Å². The Morgan fingerprint density at radius 3 is 2.42 bits per heavy atom. The molecule has 2 heterocycles. The first-order valence-corrected chi connectivity index (χ1v) is 10.4. The number of urea groups is 1. The van der Waals surface area contributed by atoms with E-state index in [1.807, 2.05) is 37.3 Å². The number of carbonyl (C=O) groups excluding carboxylic acids is 3. The summed E-state index contributed by atoms with van der Waals surface area (Å²) in [5.74, 6) is -0.954. The van der Waals surface area contributed by atoms with Crippen molar-refractivity contribution in [1.29, 1.82) is 0 Å². The Hall–Kier alpha value is -3.41. The van der Waals surface area contributed by atoms with Crippen LogP contribution in [-0.4, -0.2) is 30.4 Å². The van der Waals surface area contributed by atoms with E-state index in [2.05, 4.69) is 38.0 Å². The summed E-state index contributed by atoms with van der Waals surface area (Å²) < 4.78 is 0. The van der Waals surface area contributed by atoms with Crippen LogP contribution >= 0.6 is 0 Å². The lowest BCUT2D eigenvalue weighted by Gasteiger charge is -2.45. The first-order valence-electron chi connectivity index (χ1n) is 10.4. The van der Waals surface area contributed by atoms with E-state index in [1.165, 1.54) is 5.56 Å². The quantitative estimate of drug-likeness (QED) is 0.581. The van der Waals surface area contributed by atoms with E-state index in [0.29, 0.717) is 11.6 Å². The van der Waals surface area contributed by atoms with Crippen LogP contribution in [0.1, 0.15) is 49.8 Å². The third-order valence-electron chi connectivity index (χ3n) is 6.36. The molecule has 4 rings (SSSR count). The highest BCUT2D eigenvalue weighted by atomic mass is 16.2. The number of nitrogens with zero attached hydrogens (tertiary/aromatic N) is 2. The molecule has 1 N–H and O–H groups in total. The lowest BCUT2D eigenvalue weighted by atomic mass is 9.80. The van der Waals surface area contributed by atoms with Gasteiger partial charge in [-0.2, -0.15) is 0 Å². The van der Waals surface area contributed by atoms with Gasteiger partial charge in [-0.1, -0.05) is 30.7 Å². The molecule has 160 valence electrons. The summed E-state index contributed by atoms with van der Waals surface area (Å²) >= 11 is 0. The molecule has 6 nitrogen and oxygen atoms in total. The number of hydrogen-bond donors (Lipinski definition) is 1. The van der Waals surface area contributed by atoms with E-state index >= 15 is 0 Å². The number of aryl methyl sites for hydroxylation is 1. The van der Waals surface area contributed by atoms with Gasteiger partial charge in [-0.05, 0) is 74.6 Å². The molecule has 1 unspecified atom stereocenters. The molecule has 0 aliphatic carbocycles. The molecule has 1 fully saturated rings. The molecule has 4 amide bonds. The predicted molar refractivity (Wildman–Crippen MR) is 122 cm³/mol. The lowest BCUT2D eigenvalue weighted by molar-refractivity contribution is -0.122. The molecule has 31 heavy (non-hydrogen) atoms. The number of imide groups is 2. The highest BCUT2D eigenvalue weighted by Crippen LogP contribution is 2.42. The molecule has 2 aromatic rings. The highest BCUT2D eigenvalue weighted by Gasteiger charge is 2.37. The summed E-state index contributed by atoms with van der Waals surface area (Å²) in [5.41, 5.74) is 4.53. The highest BCUT2D eigenvalue weighted by molar-refractivity contribution is 6.39. The number of rotatable bonds is 2. The molecule has 6 heteroatoms. The number of barbiturate groups is 1. The Morgan fingerprint density at radius 1 is 1.06 bits per heavy atom. The van der Waals surface area contributed by atoms with Gasteiger partial charge in [0.05, 0.1) is 5.69 Å². The van der Waals surface area contributed by atoms with E-state index in [0.717, 1.165) is 28.1 Å². The van der Waals surface area contributed by atoms with Gasteiger partial charge in [0.1, 0.15) is 5.57 Å². The molecule has 0 bridgehead atoms. The largest absolute Gasteiger partial charge is 0.369 e. The van der Waals surface area contributed by atoms with Crippen LogP contribution < -0.4 is 15.1 Å². The van der Waals surface area contributed by atoms with Gasteiger partial charge in [0.2, 0.25) is 0 Å². The van der Waals surface area contributed by atoms with E-state index < -0.39 is 17.8 Å². The fourth-order valence-electron chi connectivity index (χ4n) is 4.44. The molecule has 1 saturated heterocycles. The van der Waals surface area contributed by atoms with Crippen molar-refractivity contribution in [3.05, 3.63) is 64.7 Å². The number of nitrogens with one attached hydrogen (secondary N) is 1. The SMILES string of the molecule is Cc1ccc(N2C(=O)NC(=O)/C(=C/c3ccc4c(c3)C(C)CC(C)(C)N4C)C2=O)cc1. The Morgan fingerprint density at radius 2 is 1.74 bits per heavy atom. The minimum absolute atomic E-state index is 0.0561. The van der Waals surface area contributed by atoms with Crippen LogP contribution in [0.25, 0.3) is 6.08 Å². The molecule has 0 spiro atoms. The van der Waals surface area contributed by atoms with Gasteiger partial charge in [-0.25, -0.2) is 9.69 Å². The minimum Gasteiger partial charge on any atom is -0.369 e. The lowest BCUT2D eigenvalue weighted by Crippen LogP contribution is -2.54. The molecule has 0 aromatic heterocycles. The second-order valence-electron chi connectivity index (χ2n) is 9.09. The second kappa shape index (κ2) is 7.38. The van der Waals surface area contributed by atoms with Crippen molar-refractivity contribution in [3.63, 3.8) is 0 Å². The standard InChI is InChI=1S/C25H27N3O3/c1-15-6-9-18(10-7-15)28-23(30)20(22(29)26-24(28)31)13-17-8-11-21-19(12-17)16(2)14-25(3,4)27(21)5/h6-13,16H,14H2,1-5H3,(H,26,29,31)/b20-13-. The van der Waals surface area contributed by atoms with Crippen molar-refractivity contribution in [2.24, 2.45) is 0 Å². The summed E-state index contributed by atoms with van der Waals surface area (Å²) in [5, 5.41) is 2.28. The van der Waals surface area contributed by atoms with Crippen LogP contribution in [0, 0.1) is 6.92 Å². The summed E-state index contributed by atoms with van der Waals surface area (Å²) in [6, 6.07) is 12.3.